The van der Waals surface area contributed by atoms with Crippen molar-refractivity contribution in [2.45, 2.75) is 25.9 Å². The second-order valence-corrected chi connectivity index (χ2v) is 7.66. The van der Waals surface area contributed by atoms with Crippen molar-refractivity contribution < 1.29 is 14.3 Å². The lowest BCUT2D eigenvalue weighted by Gasteiger charge is -2.19. The summed E-state index contributed by atoms with van der Waals surface area (Å²) in [5, 5.41) is 3.38. The summed E-state index contributed by atoms with van der Waals surface area (Å²) in [6.07, 6.45) is 1.28. The summed E-state index contributed by atoms with van der Waals surface area (Å²) in [4.78, 5) is 27.1. The molecule has 0 bridgehead atoms. The lowest BCUT2D eigenvalue weighted by Crippen LogP contribution is -2.32. The number of hydrogen-bond donors (Lipinski definition) is 1. The molecule has 1 N–H and O–H groups in total. The minimum absolute atomic E-state index is 0.0579. The van der Waals surface area contributed by atoms with Crippen molar-refractivity contribution >= 4 is 45.0 Å². The van der Waals surface area contributed by atoms with E-state index in [1.165, 1.54) is 0 Å². The van der Waals surface area contributed by atoms with Crippen molar-refractivity contribution in [3.05, 3.63) is 57.5 Å². The molecule has 1 aliphatic heterocycles. The number of ether oxygens (including phenoxy) is 1. The normalized spacial score (nSPS) is 14.7. The van der Waals surface area contributed by atoms with Crippen LogP contribution in [0, 0.1) is 0 Å². The van der Waals surface area contributed by atoms with Gasteiger partial charge in [0.2, 0.25) is 0 Å². The lowest BCUT2D eigenvalue weighted by atomic mass is 10.1. The average molecular weight is 452 g/mol. The summed E-state index contributed by atoms with van der Waals surface area (Å²) in [5.74, 6) is 0.124. The molecule has 1 aliphatic rings. The first-order chi connectivity index (χ1) is 13.0. The summed E-state index contributed by atoms with van der Waals surface area (Å²) in [6.45, 7) is 3.16. The molecule has 1 saturated heterocycles. The standard InChI is InChI=1S/C20H20BrClN2O3/c1-13(27-18-9-8-14(22)12-16(18)21)19(25)23-17-7-3-2-6-15(17)20(26)24-10-4-5-11-24/h2-3,6-9,12-13H,4-5,10-11H2,1H3,(H,23,25)/t13-/m1/s1. The van der Waals surface area contributed by atoms with Crippen molar-refractivity contribution in [2.24, 2.45) is 0 Å². The summed E-state index contributed by atoms with van der Waals surface area (Å²) in [5.41, 5.74) is 0.984. The molecular formula is C20H20BrClN2O3. The third kappa shape index (κ3) is 4.82. The van der Waals surface area contributed by atoms with Crippen LogP contribution in [-0.4, -0.2) is 35.9 Å². The third-order valence-electron chi connectivity index (χ3n) is 4.38. The maximum Gasteiger partial charge on any atom is 0.265 e. The molecule has 3 rings (SSSR count). The highest BCUT2D eigenvalue weighted by molar-refractivity contribution is 9.10. The summed E-state index contributed by atoms with van der Waals surface area (Å²) >= 11 is 9.29. The van der Waals surface area contributed by atoms with Crippen molar-refractivity contribution in [3.8, 4) is 5.75 Å². The zero-order valence-corrected chi connectivity index (χ0v) is 17.2. The van der Waals surface area contributed by atoms with E-state index in [4.69, 9.17) is 16.3 Å². The fraction of sp³-hybridized carbons (Fsp3) is 0.300. The van der Waals surface area contributed by atoms with Crippen LogP contribution in [0.15, 0.2) is 46.9 Å². The Hall–Kier alpha value is -2.05. The molecule has 5 nitrogen and oxygen atoms in total. The highest BCUT2D eigenvalue weighted by Gasteiger charge is 2.23. The smallest absolute Gasteiger partial charge is 0.265 e. The average Bonchev–Trinajstić information content (AvgIpc) is 3.18. The van der Waals surface area contributed by atoms with Crippen LogP contribution in [-0.2, 0) is 4.79 Å². The fourth-order valence-electron chi connectivity index (χ4n) is 2.92. The molecule has 1 heterocycles. The van der Waals surface area contributed by atoms with Crippen LogP contribution >= 0.6 is 27.5 Å². The second-order valence-electron chi connectivity index (χ2n) is 6.37. The fourth-order valence-corrected chi connectivity index (χ4v) is 3.69. The predicted octanol–water partition coefficient (Wildman–Crippen LogP) is 4.74. The van der Waals surface area contributed by atoms with Crippen LogP contribution in [0.1, 0.15) is 30.1 Å². The number of hydrogen-bond acceptors (Lipinski definition) is 3. The number of benzene rings is 2. The number of rotatable bonds is 5. The minimum Gasteiger partial charge on any atom is -0.480 e. The second kappa shape index (κ2) is 8.76. The quantitative estimate of drug-likeness (QED) is 0.714. The van der Waals surface area contributed by atoms with Gasteiger partial charge in [0.05, 0.1) is 15.7 Å². The van der Waals surface area contributed by atoms with E-state index in [0.717, 1.165) is 25.9 Å². The van der Waals surface area contributed by atoms with Crippen molar-refractivity contribution in [1.82, 2.24) is 4.90 Å². The van der Waals surface area contributed by atoms with Gasteiger partial charge >= 0.3 is 0 Å². The maximum atomic E-state index is 12.7. The molecule has 27 heavy (non-hydrogen) atoms. The number of carbonyl (C=O) groups is 2. The summed E-state index contributed by atoms with van der Waals surface area (Å²) in [6, 6.07) is 12.1. The number of halogens is 2. The van der Waals surface area contributed by atoms with Crippen molar-refractivity contribution in [2.75, 3.05) is 18.4 Å². The Morgan fingerprint density at radius 3 is 2.59 bits per heavy atom. The Labute approximate surface area is 171 Å². The van der Waals surface area contributed by atoms with E-state index in [-0.39, 0.29) is 11.8 Å². The van der Waals surface area contributed by atoms with Crippen LogP contribution in [0.3, 0.4) is 0 Å². The molecule has 142 valence electrons. The van der Waals surface area contributed by atoms with Crippen LogP contribution in [0.4, 0.5) is 5.69 Å². The monoisotopic (exact) mass is 450 g/mol. The first-order valence-corrected chi connectivity index (χ1v) is 9.93. The van der Waals surface area contributed by atoms with Gasteiger partial charge in [-0.05, 0) is 66.0 Å². The van der Waals surface area contributed by atoms with Crippen molar-refractivity contribution in [1.29, 1.82) is 0 Å². The van der Waals surface area contributed by atoms with E-state index in [1.807, 2.05) is 4.90 Å². The SMILES string of the molecule is C[C@@H](Oc1ccc(Cl)cc1Br)C(=O)Nc1ccccc1C(=O)N1CCCC1. The Morgan fingerprint density at radius 2 is 1.89 bits per heavy atom. The van der Waals surface area contributed by atoms with Crippen LogP contribution in [0.25, 0.3) is 0 Å². The molecule has 2 aromatic carbocycles. The summed E-state index contributed by atoms with van der Waals surface area (Å²) in [7, 11) is 0. The number of para-hydroxylation sites is 1. The highest BCUT2D eigenvalue weighted by Crippen LogP contribution is 2.29. The van der Waals surface area contributed by atoms with Gasteiger partial charge in [-0.2, -0.15) is 0 Å². The maximum absolute atomic E-state index is 12.7. The molecule has 0 spiro atoms. The number of nitrogens with one attached hydrogen (secondary N) is 1. The van der Waals surface area contributed by atoms with Gasteiger partial charge < -0.3 is 15.0 Å². The molecule has 0 unspecified atom stereocenters. The zero-order chi connectivity index (χ0) is 19.4. The van der Waals surface area contributed by atoms with E-state index < -0.39 is 6.10 Å². The van der Waals surface area contributed by atoms with Gasteiger partial charge in [-0.25, -0.2) is 0 Å². The van der Waals surface area contributed by atoms with Crippen LogP contribution in [0.2, 0.25) is 5.02 Å². The Balaban J connectivity index is 1.71. The topological polar surface area (TPSA) is 58.6 Å². The molecule has 1 atom stereocenters. The first kappa shape index (κ1) is 19.7. The molecule has 0 aliphatic carbocycles. The van der Waals surface area contributed by atoms with E-state index in [1.54, 1.807) is 49.4 Å². The van der Waals surface area contributed by atoms with Gasteiger partial charge in [-0.3, -0.25) is 9.59 Å². The number of carbonyl (C=O) groups excluding carboxylic acids is 2. The zero-order valence-electron chi connectivity index (χ0n) is 14.9. The molecule has 1 fully saturated rings. The van der Waals surface area contributed by atoms with Gasteiger partial charge in [0.25, 0.3) is 11.8 Å². The number of anilines is 1. The van der Waals surface area contributed by atoms with Gasteiger partial charge in [0, 0.05) is 18.1 Å². The van der Waals surface area contributed by atoms with Crippen molar-refractivity contribution in [3.63, 3.8) is 0 Å². The Morgan fingerprint density at radius 1 is 1.19 bits per heavy atom. The minimum atomic E-state index is -0.752. The predicted molar refractivity (Wildman–Crippen MR) is 109 cm³/mol. The molecule has 2 amide bonds. The van der Waals surface area contributed by atoms with Gasteiger partial charge in [0.1, 0.15) is 5.75 Å². The Kier molecular flexibility index (Phi) is 6.39. The van der Waals surface area contributed by atoms with E-state index in [0.29, 0.717) is 26.5 Å². The number of likely N-dealkylation sites (tertiary alicyclic amines) is 1. The van der Waals surface area contributed by atoms with E-state index >= 15 is 0 Å². The molecular weight excluding hydrogens is 432 g/mol. The lowest BCUT2D eigenvalue weighted by molar-refractivity contribution is -0.122. The third-order valence-corrected chi connectivity index (χ3v) is 5.23. The van der Waals surface area contributed by atoms with Crippen LogP contribution < -0.4 is 10.1 Å². The molecule has 2 aromatic rings. The largest absolute Gasteiger partial charge is 0.480 e. The van der Waals surface area contributed by atoms with Crippen LogP contribution in [0.5, 0.6) is 5.75 Å². The Bertz CT molecular complexity index is 853. The highest BCUT2D eigenvalue weighted by atomic mass is 79.9. The summed E-state index contributed by atoms with van der Waals surface area (Å²) < 4.78 is 6.39. The molecule has 0 saturated carbocycles. The number of nitrogens with zero attached hydrogens (tertiary/aromatic N) is 1. The molecule has 7 heteroatoms. The number of amides is 2. The van der Waals surface area contributed by atoms with E-state index in [2.05, 4.69) is 21.2 Å². The van der Waals surface area contributed by atoms with Gasteiger partial charge in [-0.15, -0.1) is 0 Å². The van der Waals surface area contributed by atoms with Gasteiger partial charge in [-0.1, -0.05) is 23.7 Å². The molecule has 0 radical (unpaired) electrons. The first-order valence-electron chi connectivity index (χ1n) is 8.76. The van der Waals surface area contributed by atoms with Gasteiger partial charge in [0.15, 0.2) is 6.10 Å². The molecule has 0 aromatic heterocycles. The van der Waals surface area contributed by atoms with E-state index in [9.17, 15) is 9.59 Å².